The lowest BCUT2D eigenvalue weighted by molar-refractivity contribution is -0.248. The van der Waals surface area contributed by atoms with Crippen molar-refractivity contribution in [1.29, 1.82) is 0 Å². The molecular weight excluding hydrogens is 402 g/mol. The summed E-state index contributed by atoms with van der Waals surface area (Å²) >= 11 is 0. The van der Waals surface area contributed by atoms with E-state index in [1.54, 1.807) is 19.9 Å². The zero-order chi connectivity index (χ0) is 22.7. The lowest BCUT2D eigenvalue weighted by atomic mass is 9.48. The molecule has 1 saturated carbocycles. The second-order valence-corrected chi connectivity index (χ2v) is 11.2. The number of aromatic nitrogens is 1. The van der Waals surface area contributed by atoms with Crippen LogP contribution in [0.1, 0.15) is 58.2 Å². The van der Waals surface area contributed by atoms with Crippen LogP contribution in [0.25, 0.3) is 10.9 Å². The number of rotatable bonds is 1. The number of ether oxygens (including phenoxy) is 1. The lowest BCUT2D eigenvalue weighted by Crippen LogP contribution is -2.60. The summed E-state index contributed by atoms with van der Waals surface area (Å²) in [4.78, 5) is 16.7. The Labute approximate surface area is 188 Å². The van der Waals surface area contributed by atoms with Gasteiger partial charge in [0.05, 0.1) is 5.60 Å². The van der Waals surface area contributed by atoms with Crippen molar-refractivity contribution in [3.05, 3.63) is 58.8 Å². The van der Waals surface area contributed by atoms with Crippen molar-refractivity contribution in [2.45, 2.75) is 76.3 Å². The summed E-state index contributed by atoms with van der Waals surface area (Å²) in [5.41, 5.74) is 3.76. The molecule has 168 valence electrons. The Bertz CT molecular complexity index is 1230. The number of allylic oxidation sites excluding steroid dienone is 1. The number of hydrogen-bond donors (Lipinski definition) is 3. The van der Waals surface area contributed by atoms with E-state index < -0.39 is 17.5 Å². The smallest absolute Gasteiger partial charge is 0.193 e. The van der Waals surface area contributed by atoms with Gasteiger partial charge >= 0.3 is 0 Å². The highest BCUT2D eigenvalue weighted by molar-refractivity contribution is 5.97. The number of carbonyl (C=O) groups excluding carboxylic acids is 1. The van der Waals surface area contributed by atoms with Gasteiger partial charge in [-0.2, -0.15) is 0 Å². The van der Waals surface area contributed by atoms with E-state index in [1.807, 2.05) is 0 Å². The summed E-state index contributed by atoms with van der Waals surface area (Å²) in [5, 5.41) is 23.3. The number of para-hydroxylation sites is 1. The molecule has 1 aromatic heterocycles. The minimum absolute atomic E-state index is 0.135. The van der Waals surface area contributed by atoms with E-state index in [0.717, 1.165) is 24.8 Å². The number of nitrogens with one attached hydrogen (secondary N) is 1. The highest BCUT2D eigenvalue weighted by atomic mass is 16.6. The Kier molecular flexibility index (Phi) is 3.84. The third-order valence-electron chi connectivity index (χ3n) is 9.12. The molecule has 3 N–H and O–H groups in total. The Morgan fingerprint density at radius 2 is 1.91 bits per heavy atom. The molecule has 5 nitrogen and oxygen atoms in total. The Morgan fingerprint density at radius 3 is 2.66 bits per heavy atom. The van der Waals surface area contributed by atoms with Crippen LogP contribution in [0, 0.1) is 11.3 Å². The quantitative estimate of drug-likeness (QED) is 0.633. The Balaban J connectivity index is 1.50. The van der Waals surface area contributed by atoms with Gasteiger partial charge in [0, 0.05) is 39.4 Å². The SMILES string of the molecule is CC(C)(O)C1OC2(O)CCC3(C)C(=CCC4Cc5c([nH]c6ccccc56)C43C)C2=CC1=O. The fourth-order valence-corrected chi connectivity index (χ4v) is 7.16. The standard InChI is InChI=1S/C27H31NO4/c1-24(2,30)23-21(29)14-19-18-10-9-15-13-17-16-7-5-6-8-20(16)28-22(17)26(15,4)25(18,3)11-12-27(19,31)32-23/h5-8,10,14-15,23,28,30-31H,9,11-13H2,1-4H3. The molecule has 0 radical (unpaired) electrons. The maximum atomic E-state index is 12.9. The minimum atomic E-state index is -1.55. The largest absolute Gasteiger partial charge is 0.387 e. The van der Waals surface area contributed by atoms with Gasteiger partial charge in [0.1, 0.15) is 0 Å². The van der Waals surface area contributed by atoms with Crippen LogP contribution in [0.4, 0.5) is 0 Å². The third-order valence-corrected chi connectivity index (χ3v) is 9.12. The monoisotopic (exact) mass is 433 g/mol. The van der Waals surface area contributed by atoms with Crippen LogP contribution >= 0.6 is 0 Å². The molecule has 6 rings (SSSR count). The van der Waals surface area contributed by atoms with E-state index in [0.29, 0.717) is 17.9 Å². The van der Waals surface area contributed by atoms with E-state index >= 15 is 0 Å². The maximum Gasteiger partial charge on any atom is 0.193 e. The van der Waals surface area contributed by atoms with Crippen LogP contribution in [0.2, 0.25) is 0 Å². The number of aliphatic hydroxyl groups is 2. The number of benzene rings is 1. The van der Waals surface area contributed by atoms with Gasteiger partial charge in [-0.3, -0.25) is 4.79 Å². The summed E-state index contributed by atoms with van der Waals surface area (Å²) < 4.78 is 5.95. The van der Waals surface area contributed by atoms with Gasteiger partial charge in [-0.05, 0) is 62.3 Å². The van der Waals surface area contributed by atoms with E-state index in [4.69, 9.17) is 4.74 Å². The molecule has 1 aromatic carbocycles. The summed E-state index contributed by atoms with van der Waals surface area (Å²) in [7, 11) is 0. The summed E-state index contributed by atoms with van der Waals surface area (Å²) in [6.07, 6.45) is 5.77. The third kappa shape index (κ3) is 2.32. The van der Waals surface area contributed by atoms with Crippen LogP contribution in [0.5, 0.6) is 0 Å². The van der Waals surface area contributed by atoms with Crippen molar-refractivity contribution in [3.63, 3.8) is 0 Å². The lowest BCUT2D eigenvalue weighted by Gasteiger charge is -2.58. The maximum absolute atomic E-state index is 12.9. The first kappa shape index (κ1) is 20.4. The van der Waals surface area contributed by atoms with Gasteiger partial charge in [-0.25, -0.2) is 0 Å². The molecule has 1 fully saturated rings. The van der Waals surface area contributed by atoms with Crippen molar-refractivity contribution in [2.24, 2.45) is 11.3 Å². The first-order valence-electron chi connectivity index (χ1n) is 11.7. The van der Waals surface area contributed by atoms with E-state index in [2.05, 4.69) is 49.2 Å². The van der Waals surface area contributed by atoms with Gasteiger partial charge in [0.15, 0.2) is 17.7 Å². The molecule has 5 unspecified atom stereocenters. The van der Waals surface area contributed by atoms with Crippen LogP contribution in [0.15, 0.2) is 47.6 Å². The number of H-pyrrole nitrogens is 1. The molecule has 3 aliphatic carbocycles. The Hall–Kier alpha value is -2.21. The van der Waals surface area contributed by atoms with Crippen LogP contribution < -0.4 is 0 Å². The molecule has 0 bridgehead atoms. The normalized spacial score (nSPS) is 38.5. The van der Waals surface area contributed by atoms with Gasteiger partial charge in [-0.15, -0.1) is 0 Å². The molecule has 2 aromatic rings. The predicted molar refractivity (Wildman–Crippen MR) is 122 cm³/mol. The van der Waals surface area contributed by atoms with Gasteiger partial charge in [0.2, 0.25) is 0 Å². The fourth-order valence-electron chi connectivity index (χ4n) is 7.16. The second kappa shape index (κ2) is 6.02. The van der Waals surface area contributed by atoms with E-state index in [1.165, 1.54) is 22.2 Å². The second-order valence-electron chi connectivity index (χ2n) is 11.2. The number of fused-ring (bicyclic) bond motifs is 9. The molecular formula is C27H31NO4. The summed E-state index contributed by atoms with van der Waals surface area (Å²) in [5.74, 6) is -1.36. The molecule has 5 heteroatoms. The molecule has 0 amide bonds. The average molecular weight is 434 g/mol. The minimum Gasteiger partial charge on any atom is -0.387 e. The number of ketones is 1. The number of hydrogen-bond acceptors (Lipinski definition) is 4. The number of aromatic amines is 1. The first-order chi connectivity index (χ1) is 15.0. The zero-order valence-electron chi connectivity index (χ0n) is 19.2. The van der Waals surface area contributed by atoms with Crippen molar-refractivity contribution in [3.8, 4) is 0 Å². The highest BCUT2D eigenvalue weighted by Gasteiger charge is 2.64. The molecule has 0 spiro atoms. The molecule has 4 aliphatic rings. The number of carbonyl (C=O) groups is 1. The molecule has 0 saturated heterocycles. The van der Waals surface area contributed by atoms with Crippen molar-refractivity contribution < 1.29 is 19.7 Å². The van der Waals surface area contributed by atoms with Gasteiger partial charge in [-0.1, -0.05) is 38.1 Å². The highest BCUT2D eigenvalue weighted by Crippen LogP contribution is 2.67. The summed E-state index contributed by atoms with van der Waals surface area (Å²) in [6.45, 7) is 7.75. The van der Waals surface area contributed by atoms with Gasteiger partial charge < -0.3 is 19.9 Å². The van der Waals surface area contributed by atoms with Crippen LogP contribution in [-0.2, 0) is 21.4 Å². The summed E-state index contributed by atoms with van der Waals surface area (Å²) in [6, 6.07) is 8.51. The van der Waals surface area contributed by atoms with Gasteiger partial charge in [0.25, 0.3) is 0 Å². The Morgan fingerprint density at radius 1 is 1.16 bits per heavy atom. The predicted octanol–water partition coefficient (Wildman–Crippen LogP) is 4.08. The molecule has 1 aliphatic heterocycles. The first-order valence-corrected chi connectivity index (χ1v) is 11.7. The van der Waals surface area contributed by atoms with Crippen molar-refractivity contribution in [2.75, 3.05) is 0 Å². The fraction of sp³-hybridized carbons (Fsp3) is 0.519. The zero-order valence-corrected chi connectivity index (χ0v) is 19.2. The van der Waals surface area contributed by atoms with Crippen molar-refractivity contribution in [1.82, 2.24) is 4.98 Å². The van der Waals surface area contributed by atoms with E-state index in [9.17, 15) is 15.0 Å². The average Bonchev–Trinajstić information content (AvgIpc) is 3.23. The van der Waals surface area contributed by atoms with Crippen LogP contribution in [-0.4, -0.2) is 38.5 Å². The van der Waals surface area contributed by atoms with E-state index in [-0.39, 0.29) is 16.6 Å². The topological polar surface area (TPSA) is 82.5 Å². The van der Waals surface area contributed by atoms with Crippen LogP contribution in [0.3, 0.4) is 0 Å². The molecule has 5 atom stereocenters. The molecule has 32 heavy (non-hydrogen) atoms. The molecule has 2 heterocycles. The van der Waals surface area contributed by atoms with Crippen molar-refractivity contribution >= 4 is 16.7 Å².